The lowest BCUT2D eigenvalue weighted by atomic mass is 9.87. The number of hydrogen-bond acceptors (Lipinski definition) is 5. The molecule has 0 radical (unpaired) electrons. The van der Waals surface area contributed by atoms with Gasteiger partial charge in [-0.05, 0) is 92.0 Å². The van der Waals surface area contributed by atoms with Crippen molar-refractivity contribution in [3.8, 4) is 5.75 Å². The Labute approximate surface area is 194 Å². The van der Waals surface area contributed by atoms with Gasteiger partial charge in [-0.1, -0.05) is 18.2 Å². The Bertz CT molecular complexity index is 1030. The van der Waals surface area contributed by atoms with Crippen molar-refractivity contribution >= 4 is 17.2 Å². The molecule has 1 saturated heterocycles. The third-order valence-electron chi connectivity index (χ3n) is 6.61. The van der Waals surface area contributed by atoms with Crippen molar-refractivity contribution in [3.63, 3.8) is 0 Å². The average Bonchev–Trinajstić information content (AvgIpc) is 3.37. The smallest absolute Gasteiger partial charge is 0.261 e. The largest absolute Gasteiger partial charge is 0.496 e. The van der Waals surface area contributed by atoms with Crippen LogP contribution < -0.4 is 10.1 Å². The van der Waals surface area contributed by atoms with Crippen LogP contribution in [-0.4, -0.2) is 36.0 Å². The second-order valence-electron chi connectivity index (χ2n) is 8.47. The summed E-state index contributed by atoms with van der Waals surface area (Å²) in [5.41, 5.74) is 4.82. The number of amides is 1. The first-order chi connectivity index (χ1) is 15.6. The highest BCUT2D eigenvalue weighted by atomic mass is 32.1. The third kappa shape index (κ3) is 5.03. The zero-order valence-corrected chi connectivity index (χ0v) is 19.8. The maximum absolute atomic E-state index is 12.8. The highest BCUT2D eigenvalue weighted by molar-refractivity contribution is 7.12. The molecule has 5 nitrogen and oxygen atoms in total. The van der Waals surface area contributed by atoms with E-state index in [0.29, 0.717) is 5.92 Å². The zero-order valence-electron chi connectivity index (χ0n) is 19.0. The summed E-state index contributed by atoms with van der Waals surface area (Å²) in [6.45, 7) is 7.26. The first kappa shape index (κ1) is 22.5. The molecule has 0 aliphatic carbocycles. The van der Waals surface area contributed by atoms with Crippen LogP contribution in [0.5, 0.6) is 5.75 Å². The number of carbonyl (C=O) groups excluding carboxylic acids is 1. The molecule has 1 amide bonds. The van der Waals surface area contributed by atoms with Crippen LogP contribution in [0.25, 0.3) is 0 Å². The van der Waals surface area contributed by atoms with Crippen LogP contribution in [0.15, 0.2) is 54.0 Å². The summed E-state index contributed by atoms with van der Waals surface area (Å²) in [6.07, 6.45) is 3.86. The summed E-state index contributed by atoms with van der Waals surface area (Å²) in [5, 5.41) is 5.21. The van der Waals surface area contributed by atoms with Gasteiger partial charge in [0, 0.05) is 12.7 Å². The standard InChI is InChI=1S/C26H31N3O2S/c1-18-19(2)23(31-3)10-9-21(18)17-29-14-11-20(12-15-29)25(22-7-4-5-13-27-22)28-26(30)24-8-6-16-32-24/h4-10,13,16,20,25H,11-12,14-15,17H2,1-3H3,(H,28,30). The molecular weight excluding hydrogens is 418 g/mol. The molecule has 1 unspecified atom stereocenters. The van der Waals surface area contributed by atoms with Crippen LogP contribution in [0, 0.1) is 19.8 Å². The quantitative estimate of drug-likeness (QED) is 0.542. The van der Waals surface area contributed by atoms with Crippen LogP contribution in [0.3, 0.4) is 0 Å². The predicted octanol–water partition coefficient (Wildman–Crippen LogP) is 5.15. The van der Waals surface area contributed by atoms with Crippen molar-refractivity contribution in [2.24, 2.45) is 5.92 Å². The molecule has 3 heterocycles. The van der Waals surface area contributed by atoms with Crippen molar-refractivity contribution in [2.75, 3.05) is 20.2 Å². The number of nitrogens with zero attached hydrogens (tertiary/aromatic N) is 2. The number of ether oxygens (including phenoxy) is 1. The van der Waals surface area contributed by atoms with E-state index in [9.17, 15) is 4.79 Å². The van der Waals surface area contributed by atoms with Gasteiger partial charge < -0.3 is 10.1 Å². The lowest BCUT2D eigenvalue weighted by Crippen LogP contribution is -2.40. The maximum atomic E-state index is 12.8. The van der Waals surface area contributed by atoms with Gasteiger partial charge in [-0.15, -0.1) is 11.3 Å². The number of likely N-dealkylation sites (tertiary alicyclic amines) is 1. The fourth-order valence-electron chi connectivity index (χ4n) is 4.54. The summed E-state index contributed by atoms with van der Waals surface area (Å²) < 4.78 is 5.46. The van der Waals surface area contributed by atoms with Crippen molar-refractivity contribution in [2.45, 2.75) is 39.3 Å². The van der Waals surface area contributed by atoms with Crippen LogP contribution in [0.2, 0.25) is 0 Å². The van der Waals surface area contributed by atoms with Crippen LogP contribution in [-0.2, 0) is 6.54 Å². The molecule has 2 aromatic heterocycles. The van der Waals surface area contributed by atoms with E-state index >= 15 is 0 Å². The van der Waals surface area contributed by atoms with Crippen LogP contribution in [0.4, 0.5) is 0 Å². The molecule has 1 fully saturated rings. The number of rotatable bonds is 7. The van der Waals surface area contributed by atoms with Crippen molar-refractivity contribution in [1.82, 2.24) is 15.2 Å². The molecule has 1 aromatic carbocycles. The van der Waals surface area contributed by atoms with E-state index in [1.807, 2.05) is 41.9 Å². The first-order valence-corrected chi connectivity index (χ1v) is 12.1. The number of aromatic nitrogens is 1. The first-order valence-electron chi connectivity index (χ1n) is 11.2. The lowest BCUT2D eigenvalue weighted by Gasteiger charge is -2.36. The molecule has 3 aromatic rings. The molecule has 168 valence electrons. The van der Waals surface area contributed by atoms with Gasteiger partial charge in [0.2, 0.25) is 0 Å². The fourth-order valence-corrected chi connectivity index (χ4v) is 5.17. The van der Waals surface area contributed by atoms with Crippen molar-refractivity contribution in [3.05, 3.63) is 81.3 Å². The maximum Gasteiger partial charge on any atom is 0.261 e. The number of carbonyl (C=O) groups is 1. The Morgan fingerprint density at radius 1 is 1.16 bits per heavy atom. The lowest BCUT2D eigenvalue weighted by molar-refractivity contribution is 0.0892. The van der Waals surface area contributed by atoms with Crippen LogP contribution >= 0.6 is 11.3 Å². The van der Waals surface area contributed by atoms with Gasteiger partial charge in [-0.3, -0.25) is 14.7 Å². The highest BCUT2D eigenvalue weighted by Gasteiger charge is 2.30. The fraction of sp³-hybridized carbons (Fsp3) is 0.385. The summed E-state index contributed by atoms with van der Waals surface area (Å²) in [5.74, 6) is 1.30. The Kier molecular flexibility index (Phi) is 7.22. The minimum Gasteiger partial charge on any atom is -0.496 e. The number of thiophene rings is 1. The summed E-state index contributed by atoms with van der Waals surface area (Å²) in [7, 11) is 1.72. The van der Waals surface area contributed by atoms with Gasteiger partial charge in [0.25, 0.3) is 5.91 Å². The average molecular weight is 450 g/mol. The SMILES string of the molecule is COc1ccc(CN2CCC(C(NC(=O)c3cccs3)c3ccccn3)CC2)c(C)c1C. The van der Waals surface area contributed by atoms with Crippen molar-refractivity contribution < 1.29 is 9.53 Å². The third-order valence-corrected chi connectivity index (χ3v) is 7.47. The van der Waals surface area contributed by atoms with Gasteiger partial charge in [-0.2, -0.15) is 0 Å². The topological polar surface area (TPSA) is 54.5 Å². The number of piperidine rings is 1. The number of nitrogens with one attached hydrogen (secondary N) is 1. The Balaban J connectivity index is 1.43. The zero-order chi connectivity index (χ0) is 22.5. The van der Waals surface area contributed by atoms with Crippen LogP contribution in [0.1, 0.15) is 50.9 Å². The van der Waals surface area contributed by atoms with Crippen molar-refractivity contribution in [1.29, 1.82) is 0 Å². The predicted molar refractivity (Wildman–Crippen MR) is 129 cm³/mol. The van der Waals surface area contributed by atoms with Gasteiger partial charge in [0.05, 0.1) is 23.7 Å². The summed E-state index contributed by atoms with van der Waals surface area (Å²) >= 11 is 1.47. The molecule has 1 aliphatic heterocycles. The molecule has 1 atom stereocenters. The Hall–Kier alpha value is -2.70. The monoisotopic (exact) mass is 449 g/mol. The van der Waals surface area contributed by atoms with E-state index in [0.717, 1.165) is 48.8 Å². The number of pyridine rings is 1. The molecule has 1 aliphatic rings. The second kappa shape index (κ2) is 10.3. The van der Waals surface area contributed by atoms with E-state index in [4.69, 9.17) is 4.74 Å². The van der Waals surface area contributed by atoms with E-state index in [2.05, 4.69) is 41.2 Å². The Morgan fingerprint density at radius 2 is 1.97 bits per heavy atom. The highest BCUT2D eigenvalue weighted by Crippen LogP contribution is 2.32. The molecule has 0 spiro atoms. The molecular formula is C26H31N3O2S. The summed E-state index contributed by atoms with van der Waals surface area (Å²) in [6, 6.07) is 13.9. The van der Waals surface area contributed by atoms with Gasteiger partial charge >= 0.3 is 0 Å². The molecule has 32 heavy (non-hydrogen) atoms. The van der Waals surface area contributed by atoms with Gasteiger partial charge in [0.1, 0.15) is 5.75 Å². The molecule has 6 heteroatoms. The Morgan fingerprint density at radius 3 is 2.62 bits per heavy atom. The molecule has 4 rings (SSSR count). The van der Waals surface area contributed by atoms with E-state index < -0.39 is 0 Å². The normalized spacial score (nSPS) is 16.0. The molecule has 1 N–H and O–H groups in total. The summed E-state index contributed by atoms with van der Waals surface area (Å²) in [4.78, 5) is 20.6. The molecule has 0 saturated carbocycles. The minimum atomic E-state index is -0.0714. The van der Waals surface area contributed by atoms with E-state index in [1.165, 1.54) is 28.0 Å². The number of benzene rings is 1. The minimum absolute atomic E-state index is 0.0117. The van der Waals surface area contributed by atoms with Gasteiger partial charge in [0.15, 0.2) is 0 Å². The number of methoxy groups -OCH3 is 1. The number of hydrogen-bond donors (Lipinski definition) is 1. The molecule has 0 bridgehead atoms. The van der Waals surface area contributed by atoms with E-state index in [-0.39, 0.29) is 11.9 Å². The van der Waals surface area contributed by atoms with E-state index in [1.54, 1.807) is 7.11 Å². The second-order valence-corrected chi connectivity index (χ2v) is 9.42. The van der Waals surface area contributed by atoms with Gasteiger partial charge in [-0.25, -0.2) is 0 Å².